The number of nitrogens with zero attached hydrogens (tertiary/aromatic N) is 2. The molecule has 0 N–H and O–H groups in total. The van der Waals surface area contributed by atoms with Gasteiger partial charge in [0.1, 0.15) is 0 Å². The summed E-state index contributed by atoms with van der Waals surface area (Å²) >= 11 is 0. The van der Waals surface area contributed by atoms with Gasteiger partial charge in [-0.15, -0.1) is 0 Å². The third kappa shape index (κ3) is 4.12. The number of para-hydroxylation sites is 2. The van der Waals surface area contributed by atoms with E-state index >= 15 is 0 Å². The van der Waals surface area contributed by atoms with Crippen LogP contribution in [0.25, 0.3) is 21.9 Å². The van der Waals surface area contributed by atoms with Gasteiger partial charge in [-0.3, -0.25) is 0 Å². The SMILES string of the molecule is C1=CCC2C(=C1)N(c1cccc3ccccc13)c1ccc(-c3ccc(N(c4ccccc4)c4ccccc4)cc3)cc12. The maximum Gasteiger partial charge on any atom is 0.0537 e. The Balaban J connectivity index is 1.19. The Bertz CT molecular complexity index is 1910. The standard InChI is InChI=1S/C40H30N2/c1-3-14-32(15-4-1)41(33-16-5-2-6-17-33)34-25-22-29(23-26-34)31-24-27-40-37(28-31)36-19-9-10-20-39(36)42(40)38-21-11-13-30-12-7-8-18-35(30)38/h1-18,20-28,36H,19H2. The number of anilines is 5. The molecule has 42 heavy (non-hydrogen) atoms. The van der Waals surface area contributed by atoms with Crippen LogP contribution in [-0.4, -0.2) is 0 Å². The van der Waals surface area contributed by atoms with E-state index in [4.69, 9.17) is 0 Å². The van der Waals surface area contributed by atoms with E-state index in [1.54, 1.807) is 0 Å². The van der Waals surface area contributed by atoms with Crippen LogP contribution in [0, 0.1) is 0 Å². The van der Waals surface area contributed by atoms with Crippen molar-refractivity contribution in [3.8, 4) is 11.1 Å². The van der Waals surface area contributed by atoms with Crippen LogP contribution in [0.1, 0.15) is 17.9 Å². The van der Waals surface area contributed by atoms with E-state index in [-0.39, 0.29) is 0 Å². The third-order valence-electron chi connectivity index (χ3n) is 8.53. The highest BCUT2D eigenvalue weighted by Crippen LogP contribution is 2.52. The van der Waals surface area contributed by atoms with Crippen LogP contribution >= 0.6 is 0 Å². The van der Waals surface area contributed by atoms with Crippen molar-refractivity contribution < 1.29 is 0 Å². The van der Waals surface area contributed by atoms with Gasteiger partial charge in [0.15, 0.2) is 0 Å². The predicted octanol–water partition coefficient (Wildman–Crippen LogP) is 11.1. The summed E-state index contributed by atoms with van der Waals surface area (Å²) in [5, 5.41) is 2.55. The van der Waals surface area contributed by atoms with Crippen molar-refractivity contribution in [1.29, 1.82) is 0 Å². The highest BCUT2D eigenvalue weighted by atomic mass is 15.2. The Labute approximate surface area is 247 Å². The monoisotopic (exact) mass is 538 g/mol. The maximum absolute atomic E-state index is 2.48. The fourth-order valence-corrected chi connectivity index (χ4v) is 6.57. The average molecular weight is 539 g/mol. The van der Waals surface area contributed by atoms with Gasteiger partial charge in [-0.25, -0.2) is 0 Å². The second kappa shape index (κ2) is 10.2. The second-order valence-corrected chi connectivity index (χ2v) is 11.0. The van der Waals surface area contributed by atoms with E-state index in [0.717, 1.165) is 23.5 Å². The zero-order valence-corrected chi connectivity index (χ0v) is 23.3. The summed E-state index contributed by atoms with van der Waals surface area (Å²) in [6, 6.07) is 52.5. The Morgan fingerprint density at radius 3 is 1.95 bits per heavy atom. The van der Waals surface area contributed by atoms with Crippen LogP contribution in [0.2, 0.25) is 0 Å². The predicted molar refractivity (Wildman–Crippen MR) is 177 cm³/mol. The van der Waals surface area contributed by atoms with Crippen LogP contribution < -0.4 is 9.80 Å². The fourth-order valence-electron chi connectivity index (χ4n) is 6.57. The summed E-state index contributed by atoms with van der Waals surface area (Å²) in [7, 11) is 0. The van der Waals surface area contributed by atoms with Crippen molar-refractivity contribution >= 4 is 39.2 Å². The number of rotatable bonds is 5. The maximum atomic E-state index is 2.48. The lowest BCUT2D eigenvalue weighted by molar-refractivity contribution is 0.820. The molecule has 8 rings (SSSR count). The molecule has 0 bridgehead atoms. The highest BCUT2D eigenvalue weighted by Gasteiger charge is 2.35. The van der Waals surface area contributed by atoms with Gasteiger partial charge >= 0.3 is 0 Å². The zero-order valence-electron chi connectivity index (χ0n) is 23.3. The quantitative estimate of drug-likeness (QED) is 0.215. The van der Waals surface area contributed by atoms with Crippen LogP contribution in [0.3, 0.4) is 0 Å². The first-order valence-corrected chi connectivity index (χ1v) is 14.6. The first-order valence-electron chi connectivity index (χ1n) is 14.6. The summed E-state index contributed by atoms with van der Waals surface area (Å²) in [4.78, 5) is 4.79. The van der Waals surface area contributed by atoms with E-state index in [2.05, 4.69) is 174 Å². The summed E-state index contributed by atoms with van der Waals surface area (Å²) < 4.78 is 0. The summed E-state index contributed by atoms with van der Waals surface area (Å²) in [5.41, 5.74) is 11.2. The summed E-state index contributed by atoms with van der Waals surface area (Å²) in [6.45, 7) is 0. The molecule has 6 aromatic rings. The van der Waals surface area contributed by atoms with Crippen molar-refractivity contribution in [3.63, 3.8) is 0 Å². The van der Waals surface area contributed by atoms with Crippen molar-refractivity contribution in [3.05, 3.63) is 175 Å². The zero-order chi connectivity index (χ0) is 27.9. The molecule has 0 saturated carbocycles. The molecule has 1 atom stereocenters. The largest absolute Gasteiger partial charge is 0.313 e. The van der Waals surface area contributed by atoms with E-state index in [1.807, 2.05) is 0 Å². The van der Waals surface area contributed by atoms with E-state index in [9.17, 15) is 0 Å². The van der Waals surface area contributed by atoms with Gasteiger partial charge in [-0.05, 0) is 89.2 Å². The van der Waals surface area contributed by atoms with E-state index in [1.165, 1.54) is 44.5 Å². The van der Waals surface area contributed by atoms with Crippen LogP contribution in [0.5, 0.6) is 0 Å². The van der Waals surface area contributed by atoms with Gasteiger partial charge in [0.05, 0.1) is 5.69 Å². The topological polar surface area (TPSA) is 6.48 Å². The molecule has 2 nitrogen and oxygen atoms in total. The molecular formula is C40H30N2. The molecule has 0 spiro atoms. The summed E-state index contributed by atoms with van der Waals surface area (Å²) in [6.07, 6.45) is 7.83. The fraction of sp³-hybridized carbons (Fsp3) is 0.0500. The Morgan fingerprint density at radius 2 is 1.19 bits per heavy atom. The number of benzene rings is 6. The highest BCUT2D eigenvalue weighted by molar-refractivity contribution is 5.99. The molecule has 0 radical (unpaired) electrons. The van der Waals surface area contributed by atoms with Crippen molar-refractivity contribution in [2.45, 2.75) is 12.3 Å². The first kappa shape index (κ1) is 24.5. The second-order valence-electron chi connectivity index (χ2n) is 11.0. The molecule has 2 heteroatoms. The lowest BCUT2D eigenvalue weighted by atomic mass is 9.90. The Kier molecular flexibility index (Phi) is 5.97. The number of allylic oxidation sites excluding steroid dienone is 4. The minimum Gasteiger partial charge on any atom is -0.313 e. The van der Waals surface area contributed by atoms with Crippen molar-refractivity contribution in [2.24, 2.45) is 0 Å². The minimum absolute atomic E-state index is 0.356. The molecule has 1 unspecified atom stereocenters. The minimum atomic E-state index is 0.356. The smallest absolute Gasteiger partial charge is 0.0537 e. The van der Waals surface area contributed by atoms with Gasteiger partial charge in [0.2, 0.25) is 0 Å². The molecular weight excluding hydrogens is 508 g/mol. The van der Waals surface area contributed by atoms with Gasteiger partial charge < -0.3 is 9.80 Å². The molecule has 0 amide bonds. The van der Waals surface area contributed by atoms with Crippen LogP contribution in [0.4, 0.5) is 28.4 Å². The number of fused-ring (bicyclic) bond motifs is 4. The molecule has 200 valence electrons. The lowest BCUT2D eigenvalue weighted by Gasteiger charge is -2.26. The first-order chi connectivity index (χ1) is 20.8. The van der Waals surface area contributed by atoms with Gasteiger partial charge in [-0.2, -0.15) is 0 Å². The molecule has 1 heterocycles. The number of hydrogen-bond acceptors (Lipinski definition) is 2. The molecule has 1 aliphatic heterocycles. The Hall–Kier alpha value is -5.34. The van der Waals surface area contributed by atoms with Crippen molar-refractivity contribution in [1.82, 2.24) is 0 Å². The number of hydrogen-bond donors (Lipinski definition) is 0. The van der Waals surface area contributed by atoms with Crippen molar-refractivity contribution in [2.75, 3.05) is 9.80 Å². The summed E-state index contributed by atoms with van der Waals surface area (Å²) in [5.74, 6) is 0.356. The molecule has 0 aromatic heterocycles. The van der Waals surface area contributed by atoms with Crippen LogP contribution in [0.15, 0.2) is 170 Å². The molecule has 0 saturated heterocycles. The normalized spacial score (nSPS) is 15.3. The third-order valence-corrected chi connectivity index (χ3v) is 8.53. The average Bonchev–Trinajstić information content (AvgIpc) is 3.39. The Morgan fingerprint density at radius 1 is 0.548 bits per heavy atom. The molecule has 0 fully saturated rings. The van der Waals surface area contributed by atoms with Crippen LogP contribution in [-0.2, 0) is 0 Å². The van der Waals surface area contributed by atoms with E-state index in [0.29, 0.717) is 5.92 Å². The molecule has 6 aromatic carbocycles. The van der Waals surface area contributed by atoms with Gasteiger partial charge in [0.25, 0.3) is 0 Å². The van der Waals surface area contributed by atoms with Gasteiger partial charge in [0, 0.05) is 39.8 Å². The van der Waals surface area contributed by atoms with E-state index < -0.39 is 0 Å². The molecule has 2 aliphatic rings. The lowest BCUT2D eigenvalue weighted by Crippen LogP contribution is -2.14. The van der Waals surface area contributed by atoms with Gasteiger partial charge in [-0.1, -0.05) is 103 Å². The molecule has 1 aliphatic carbocycles.